The van der Waals surface area contributed by atoms with Crippen molar-refractivity contribution in [2.45, 2.75) is 31.0 Å². The number of carbonyl (C=O) groups is 1. The number of hydrogen-bond donors (Lipinski definition) is 1. The van der Waals surface area contributed by atoms with Crippen LogP contribution in [-0.4, -0.2) is 47.2 Å². The first-order valence-electron chi connectivity index (χ1n) is 10.4. The number of amides is 1. The van der Waals surface area contributed by atoms with Crippen molar-refractivity contribution in [2.24, 2.45) is 7.05 Å². The van der Waals surface area contributed by atoms with Gasteiger partial charge in [-0.05, 0) is 23.6 Å². The maximum absolute atomic E-state index is 12.7. The lowest BCUT2D eigenvalue weighted by atomic mass is 10.1. The number of aryl methyl sites for hydroxylation is 1. The Morgan fingerprint density at radius 1 is 1.10 bits per heavy atom. The molecule has 3 heterocycles. The van der Waals surface area contributed by atoms with Gasteiger partial charge in [-0.1, -0.05) is 48.5 Å². The standard InChI is InChI=1S/C24H27N3O2/c1-26-13-18(21-9-5-6-10-22(21)26)11-24(28)25-19-12-20-16-29-23(15-27(20)14-19)17-7-3-2-4-8-17/h2-10,13,19-20,23H,11-12,14-16H2,1H3,(H,25,28)/t19-,20-,23+/m0/s1. The van der Waals surface area contributed by atoms with Crippen LogP contribution in [0.3, 0.4) is 0 Å². The van der Waals surface area contributed by atoms with E-state index < -0.39 is 0 Å². The maximum Gasteiger partial charge on any atom is 0.224 e. The van der Waals surface area contributed by atoms with Gasteiger partial charge in [-0.2, -0.15) is 0 Å². The zero-order chi connectivity index (χ0) is 19.8. The van der Waals surface area contributed by atoms with Gasteiger partial charge in [0.15, 0.2) is 0 Å². The molecule has 5 nitrogen and oxygen atoms in total. The number of benzene rings is 2. The Morgan fingerprint density at radius 2 is 1.90 bits per heavy atom. The fourth-order valence-corrected chi connectivity index (χ4v) is 4.87. The second-order valence-corrected chi connectivity index (χ2v) is 8.30. The highest BCUT2D eigenvalue weighted by Crippen LogP contribution is 2.30. The lowest BCUT2D eigenvalue weighted by Gasteiger charge is -2.35. The second-order valence-electron chi connectivity index (χ2n) is 8.30. The molecule has 0 saturated carbocycles. The minimum absolute atomic E-state index is 0.103. The highest BCUT2D eigenvalue weighted by atomic mass is 16.5. The van der Waals surface area contributed by atoms with Gasteiger partial charge in [0.25, 0.3) is 0 Å². The summed E-state index contributed by atoms with van der Waals surface area (Å²) in [6.45, 7) is 2.53. The van der Waals surface area contributed by atoms with Crippen LogP contribution in [-0.2, 0) is 23.0 Å². The fraction of sp³-hybridized carbons (Fsp3) is 0.375. The summed E-state index contributed by atoms with van der Waals surface area (Å²) in [6, 6.07) is 19.3. The molecule has 0 aliphatic carbocycles. The average molecular weight is 389 g/mol. The molecule has 1 amide bonds. The van der Waals surface area contributed by atoms with Crippen LogP contribution in [0, 0.1) is 0 Å². The highest BCUT2D eigenvalue weighted by molar-refractivity contribution is 5.89. The molecular formula is C24H27N3O2. The minimum Gasteiger partial charge on any atom is -0.371 e. The van der Waals surface area contributed by atoms with Crippen LogP contribution in [0.4, 0.5) is 0 Å². The number of aromatic nitrogens is 1. The maximum atomic E-state index is 12.7. The van der Waals surface area contributed by atoms with Crippen molar-refractivity contribution in [1.82, 2.24) is 14.8 Å². The van der Waals surface area contributed by atoms with Gasteiger partial charge in [0.1, 0.15) is 0 Å². The van der Waals surface area contributed by atoms with E-state index in [0.29, 0.717) is 12.5 Å². The second kappa shape index (κ2) is 7.65. The summed E-state index contributed by atoms with van der Waals surface area (Å²) in [4.78, 5) is 15.2. The van der Waals surface area contributed by atoms with E-state index in [9.17, 15) is 4.79 Å². The Kier molecular flexibility index (Phi) is 4.86. The Balaban J connectivity index is 1.20. The number of ether oxygens (including phenoxy) is 1. The van der Waals surface area contributed by atoms with Crippen molar-refractivity contribution in [3.63, 3.8) is 0 Å². The largest absolute Gasteiger partial charge is 0.371 e. The van der Waals surface area contributed by atoms with Gasteiger partial charge in [-0.25, -0.2) is 0 Å². The van der Waals surface area contributed by atoms with E-state index in [1.807, 2.05) is 25.2 Å². The van der Waals surface area contributed by atoms with Crippen molar-refractivity contribution < 1.29 is 9.53 Å². The monoisotopic (exact) mass is 389 g/mol. The molecule has 3 aromatic rings. The number of fused-ring (bicyclic) bond motifs is 2. The molecule has 150 valence electrons. The summed E-state index contributed by atoms with van der Waals surface area (Å²) < 4.78 is 8.21. The van der Waals surface area contributed by atoms with Gasteiger partial charge < -0.3 is 14.6 Å². The van der Waals surface area contributed by atoms with Crippen molar-refractivity contribution in [3.05, 3.63) is 71.9 Å². The van der Waals surface area contributed by atoms with Crippen molar-refractivity contribution >= 4 is 16.8 Å². The summed E-state index contributed by atoms with van der Waals surface area (Å²) in [7, 11) is 2.03. The van der Waals surface area contributed by atoms with Crippen LogP contribution in [0.1, 0.15) is 23.7 Å². The molecule has 2 aliphatic rings. The number of rotatable bonds is 4. The number of morpholine rings is 1. The summed E-state index contributed by atoms with van der Waals surface area (Å²) in [5.74, 6) is 0.103. The van der Waals surface area contributed by atoms with Crippen LogP contribution in [0.5, 0.6) is 0 Å². The first kappa shape index (κ1) is 18.4. The van der Waals surface area contributed by atoms with Gasteiger partial charge >= 0.3 is 0 Å². The van der Waals surface area contributed by atoms with Crippen LogP contribution in [0.15, 0.2) is 60.8 Å². The predicted octanol–water partition coefficient (Wildman–Crippen LogP) is 3.05. The molecule has 0 unspecified atom stereocenters. The van der Waals surface area contributed by atoms with Gasteiger partial charge in [-0.3, -0.25) is 9.69 Å². The normalized spacial score (nSPS) is 24.5. The molecule has 5 heteroatoms. The molecule has 29 heavy (non-hydrogen) atoms. The van der Waals surface area contributed by atoms with E-state index in [1.165, 1.54) is 5.56 Å². The Labute approximate surface area is 171 Å². The Morgan fingerprint density at radius 3 is 2.76 bits per heavy atom. The lowest BCUT2D eigenvalue weighted by molar-refractivity contribution is -0.121. The minimum atomic E-state index is 0.103. The first-order chi connectivity index (χ1) is 14.2. The van der Waals surface area contributed by atoms with Gasteiger partial charge in [0.05, 0.1) is 19.1 Å². The number of carbonyl (C=O) groups excluding carboxylic acids is 1. The number of para-hydroxylation sites is 1. The van der Waals surface area contributed by atoms with E-state index >= 15 is 0 Å². The molecule has 2 aromatic carbocycles. The molecule has 2 saturated heterocycles. The molecule has 1 aromatic heterocycles. The molecule has 5 rings (SSSR count). The molecule has 1 N–H and O–H groups in total. The quantitative estimate of drug-likeness (QED) is 0.746. The summed E-state index contributed by atoms with van der Waals surface area (Å²) in [5, 5.41) is 4.43. The molecule has 0 radical (unpaired) electrons. The fourth-order valence-electron chi connectivity index (χ4n) is 4.87. The number of nitrogens with zero attached hydrogens (tertiary/aromatic N) is 2. The smallest absolute Gasteiger partial charge is 0.224 e. The first-order valence-corrected chi connectivity index (χ1v) is 10.4. The van der Waals surface area contributed by atoms with Crippen molar-refractivity contribution in [2.75, 3.05) is 19.7 Å². The zero-order valence-electron chi connectivity index (χ0n) is 16.8. The van der Waals surface area contributed by atoms with Crippen LogP contribution >= 0.6 is 0 Å². The summed E-state index contributed by atoms with van der Waals surface area (Å²) >= 11 is 0. The van der Waals surface area contributed by atoms with Gasteiger partial charge in [0.2, 0.25) is 5.91 Å². The molecular weight excluding hydrogens is 362 g/mol. The highest BCUT2D eigenvalue weighted by Gasteiger charge is 2.38. The third kappa shape index (κ3) is 3.68. The molecule has 0 spiro atoms. The van der Waals surface area contributed by atoms with Gasteiger partial charge in [-0.15, -0.1) is 0 Å². The molecule has 2 fully saturated rings. The van der Waals surface area contributed by atoms with Crippen LogP contribution in [0.2, 0.25) is 0 Å². The van der Waals surface area contributed by atoms with E-state index in [2.05, 4.69) is 57.4 Å². The Bertz CT molecular complexity index is 1010. The average Bonchev–Trinajstić information content (AvgIpc) is 3.28. The summed E-state index contributed by atoms with van der Waals surface area (Å²) in [5.41, 5.74) is 3.48. The van der Waals surface area contributed by atoms with E-state index in [1.54, 1.807) is 0 Å². The van der Waals surface area contributed by atoms with Crippen LogP contribution in [0.25, 0.3) is 10.9 Å². The van der Waals surface area contributed by atoms with E-state index in [4.69, 9.17) is 4.74 Å². The lowest BCUT2D eigenvalue weighted by Crippen LogP contribution is -2.43. The number of nitrogens with one attached hydrogen (secondary N) is 1. The molecule has 2 aliphatic heterocycles. The number of hydrogen-bond acceptors (Lipinski definition) is 3. The van der Waals surface area contributed by atoms with Crippen molar-refractivity contribution in [1.29, 1.82) is 0 Å². The topological polar surface area (TPSA) is 46.5 Å². The molecule has 0 bridgehead atoms. The van der Waals surface area contributed by atoms with Crippen molar-refractivity contribution in [3.8, 4) is 0 Å². The third-order valence-corrected chi connectivity index (χ3v) is 6.28. The Hall–Kier alpha value is -2.63. The third-order valence-electron chi connectivity index (χ3n) is 6.28. The van der Waals surface area contributed by atoms with E-state index in [0.717, 1.165) is 42.6 Å². The predicted molar refractivity (Wildman–Crippen MR) is 114 cm³/mol. The summed E-state index contributed by atoms with van der Waals surface area (Å²) in [6.07, 6.45) is 3.58. The molecule has 3 atom stereocenters. The zero-order valence-corrected chi connectivity index (χ0v) is 16.8. The SMILES string of the molecule is Cn1cc(CC(=O)N[C@H]2C[C@H]3CO[C@@H](c4ccccc4)CN3C2)c2ccccc21. The van der Waals surface area contributed by atoms with Gasteiger partial charge in [0, 0.05) is 49.3 Å². The van der Waals surface area contributed by atoms with Crippen LogP contribution < -0.4 is 5.32 Å². The van der Waals surface area contributed by atoms with E-state index in [-0.39, 0.29) is 18.1 Å².